The lowest BCUT2D eigenvalue weighted by molar-refractivity contribution is -0.123. The van der Waals surface area contributed by atoms with E-state index in [4.69, 9.17) is 20.9 Å². The van der Waals surface area contributed by atoms with Crippen LogP contribution in [0, 0.1) is 5.92 Å². The highest BCUT2D eigenvalue weighted by Crippen LogP contribution is 2.21. The van der Waals surface area contributed by atoms with E-state index < -0.39 is 25.0 Å². The van der Waals surface area contributed by atoms with Crippen LogP contribution in [0.15, 0.2) is 53.0 Å². The molecule has 1 aliphatic heterocycles. The lowest BCUT2D eigenvalue weighted by Gasteiger charge is -2.31. The number of aliphatic hydroxyl groups excluding tert-OH is 1. The fourth-order valence-corrected chi connectivity index (χ4v) is 4.95. The van der Waals surface area contributed by atoms with Crippen molar-refractivity contribution in [1.82, 2.24) is 15.5 Å². The molecule has 0 saturated carbocycles. The Labute approximate surface area is 238 Å². The minimum Gasteiger partial charge on any atom is -0.408 e. The molecule has 38 heavy (non-hydrogen) atoms. The Kier molecular flexibility index (Phi) is 12.6. The summed E-state index contributed by atoms with van der Waals surface area (Å²) in [6, 6.07) is 13.7. The zero-order valence-corrected chi connectivity index (χ0v) is 24.2. The van der Waals surface area contributed by atoms with Crippen LogP contribution >= 0.6 is 27.5 Å². The molecule has 8 nitrogen and oxygen atoms in total. The average molecular weight is 609 g/mol. The molecule has 0 radical (unpaired) electrons. The smallest absolute Gasteiger partial charge is 0.408 e. The summed E-state index contributed by atoms with van der Waals surface area (Å²) in [5.41, 5.74) is 1.27. The quantitative estimate of drug-likeness (QED) is 0.339. The van der Waals surface area contributed by atoms with Crippen molar-refractivity contribution in [2.45, 2.75) is 38.7 Å². The fourth-order valence-electron chi connectivity index (χ4n) is 4.35. The van der Waals surface area contributed by atoms with Gasteiger partial charge >= 0.3 is 7.12 Å². The zero-order chi connectivity index (χ0) is 27.5. The maximum absolute atomic E-state index is 13.7. The van der Waals surface area contributed by atoms with Gasteiger partial charge in [-0.25, -0.2) is 0 Å². The van der Waals surface area contributed by atoms with Gasteiger partial charge in [-0.2, -0.15) is 0 Å². The molecule has 3 N–H and O–H groups in total. The number of benzene rings is 2. The molecular weight excluding hydrogens is 572 g/mol. The van der Waals surface area contributed by atoms with E-state index >= 15 is 0 Å². The number of hydrogen-bond donors (Lipinski definition) is 3. The molecule has 0 aromatic heterocycles. The van der Waals surface area contributed by atoms with E-state index in [9.17, 15) is 14.7 Å². The molecule has 2 amide bonds. The highest BCUT2D eigenvalue weighted by molar-refractivity contribution is 9.10. The largest absolute Gasteiger partial charge is 0.480 e. The number of carbonyl (C=O) groups is 2. The third kappa shape index (κ3) is 9.66. The van der Waals surface area contributed by atoms with Gasteiger partial charge in [0.25, 0.3) is 5.91 Å². The molecule has 3 rings (SSSR count). The Bertz CT molecular complexity index is 1040. The number of rotatable bonds is 11. The number of nitrogens with zero attached hydrogens (tertiary/aromatic N) is 1. The summed E-state index contributed by atoms with van der Waals surface area (Å²) in [5, 5.41) is 15.7. The Morgan fingerprint density at radius 1 is 1.11 bits per heavy atom. The summed E-state index contributed by atoms with van der Waals surface area (Å²) < 4.78 is 12.7. The van der Waals surface area contributed by atoms with Gasteiger partial charge in [-0.05, 0) is 52.0 Å². The molecule has 2 aromatic rings. The third-order valence-corrected chi connectivity index (χ3v) is 7.18. The molecule has 0 unspecified atom stereocenters. The zero-order valence-electron chi connectivity index (χ0n) is 21.9. The number of carbonyl (C=O) groups excluding carboxylic acids is 2. The van der Waals surface area contributed by atoms with Crippen molar-refractivity contribution in [3.05, 3.63) is 69.2 Å². The highest BCUT2D eigenvalue weighted by Gasteiger charge is 2.35. The summed E-state index contributed by atoms with van der Waals surface area (Å²) in [5.74, 6) is -0.853. The van der Waals surface area contributed by atoms with Crippen molar-refractivity contribution in [3.63, 3.8) is 0 Å². The van der Waals surface area contributed by atoms with Gasteiger partial charge < -0.3 is 25.0 Å². The second-order valence-electron chi connectivity index (χ2n) is 9.76. The van der Waals surface area contributed by atoms with Crippen molar-refractivity contribution in [1.29, 1.82) is 0 Å². The van der Waals surface area contributed by atoms with Gasteiger partial charge in [0.1, 0.15) is 6.04 Å². The average Bonchev–Trinajstić information content (AvgIpc) is 2.86. The normalized spacial score (nSPS) is 16.4. The van der Waals surface area contributed by atoms with Crippen LogP contribution in [0.5, 0.6) is 0 Å². The molecule has 0 bridgehead atoms. The SMILES string of the molecule is CC(C)C[C@H](NC(=O)[C@H](Cc1ccccc1)NC(=O)c1cc(Cl)ccc1Br)B1OCCN(CCO)CCO1. The van der Waals surface area contributed by atoms with Crippen LogP contribution in [0.4, 0.5) is 0 Å². The van der Waals surface area contributed by atoms with E-state index in [1.54, 1.807) is 18.2 Å². The van der Waals surface area contributed by atoms with E-state index in [1.165, 1.54) is 0 Å². The Hall–Kier alpha value is -1.95. The van der Waals surface area contributed by atoms with Gasteiger partial charge in [-0.1, -0.05) is 55.8 Å². The molecule has 1 saturated heterocycles. The number of aliphatic hydroxyl groups is 1. The van der Waals surface area contributed by atoms with Crippen LogP contribution in [0.3, 0.4) is 0 Å². The second-order valence-corrected chi connectivity index (χ2v) is 11.1. The molecule has 0 spiro atoms. The second kappa shape index (κ2) is 15.6. The summed E-state index contributed by atoms with van der Waals surface area (Å²) in [7, 11) is -0.618. The van der Waals surface area contributed by atoms with E-state index in [0.29, 0.717) is 60.7 Å². The maximum Gasteiger partial charge on any atom is 0.480 e. The first-order valence-corrected chi connectivity index (χ1v) is 14.1. The Morgan fingerprint density at radius 2 is 1.79 bits per heavy atom. The lowest BCUT2D eigenvalue weighted by atomic mass is 9.73. The topological polar surface area (TPSA) is 100 Å². The first-order valence-electron chi connectivity index (χ1n) is 12.9. The van der Waals surface area contributed by atoms with Crippen LogP contribution in [-0.2, 0) is 20.5 Å². The van der Waals surface area contributed by atoms with E-state index in [2.05, 4.69) is 45.3 Å². The third-order valence-electron chi connectivity index (χ3n) is 6.25. The van der Waals surface area contributed by atoms with Gasteiger partial charge in [0.05, 0.1) is 18.1 Å². The van der Waals surface area contributed by atoms with Crippen LogP contribution in [0.25, 0.3) is 0 Å². The minimum absolute atomic E-state index is 0.0791. The highest BCUT2D eigenvalue weighted by atomic mass is 79.9. The number of halogens is 2. The Balaban J connectivity index is 1.77. The molecule has 1 fully saturated rings. The van der Waals surface area contributed by atoms with Gasteiger partial charge in [-0.3, -0.25) is 14.5 Å². The van der Waals surface area contributed by atoms with Crippen LogP contribution in [-0.4, -0.2) is 80.4 Å². The van der Waals surface area contributed by atoms with E-state index in [0.717, 1.165) is 5.56 Å². The van der Waals surface area contributed by atoms with Crippen molar-refractivity contribution < 1.29 is 24.0 Å². The molecule has 206 valence electrons. The monoisotopic (exact) mass is 607 g/mol. The number of nitrogens with one attached hydrogen (secondary N) is 2. The lowest BCUT2D eigenvalue weighted by Crippen LogP contribution is -2.57. The van der Waals surface area contributed by atoms with Crippen LogP contribution < -0.4 is 10.6 Å². The molecule has 2 aromatic carbocycles. The van der Waals surface area contributed by atoms with Crippen molar-refractivity contribution in [2.24, 2.45) is 5.92 Å². The predicted octanol–water partition coefficient (Wildman–Crippen LogP) is 3.34. The van der Waals surface area contributed by atoms with Gasteiger partial charge in [0, 0.05) is 48.8 Å². The molecule has 1 heterocycles. The first-order chi connectivity index (χ1) is 18.3. The van der Waals surface area contributed by atoms with Crippen LogP contribution in [0.2, 0.25) is 5.02 Å². The number of amides is 2. The first kappa shape index (κ1) is 30.6. The van der Waals surface area contributed by atoms with Gasteiger partial charge in [0.15, 0.2) is 0 Å². The number of hydrogen-bond acceptors (Lipinski definition) is 6. The van der Waals surface area contributed by atoms with Crippen molar-refractivity contribution in [2.75, 3.05) is 39.5 Å². The summed E-state index contributed by atoms with van der Waals surface area (Å²) in [6.07, 6.45) is 0.954. The predicted molar refractivity (Wildman–Crippen MR) is 153 cm³/mol. The standard InChI is InChI=1S/C27H36BBrClN3O5/c1-19(2)16-25(28-37-14-11-33(10-13-34)12-15-38-28)32-27(36)24(17-20-6-4-3-5-7-20)31-26(35)22-18-21(30)8-9-23(22)29/h3-9,18-19,24-25,34H,10-17H2,1-2H3,(H,31,35)(H,32,36)/t24-,25-/m0/s1. The maximum atomic E-state index is 13.7. The van der Waals surface area contributed by atoms with Crippen molar-refractivity contribution >= 4 is 46.5 Å². The summed E-state index contributed by atoms with van der Waals surface area (Å²) in [4.78, 5) is 29.0. The van der Waals surface area contributed by atoms with Gasteiger partial charge in [0.2, 0.25) is 5.91 Å². The van der Waals surface area contributed by atoms with Gasteiger partial charge in [-0.15, -0.1) is 0 Å². The molecule has 0 aliphatic carbocycles. The summed E-state index contributed by atoms with van der Waals surface area (Å²) >= 11 is 9.52. The Morgan fingerprint density at radius 3 is 2.42 bits per heavy atom. The minimum atomic E-state index is -0.834. The number of β-amino-alcohol motifs (C(OH)–C–C–N with tert-alkyl or cyclic N) is 1. The van der Waals surface area contributed by atoms with E-state index in [1.807, 2.05) is 30.3 Å². The van der Waals surface area contributed by atoms with Crippen molar-refractivity contribution in [3.8, 4) is 0 Å². The molecule has 11 heteroatoms. The fraction of sp³-hybridized carbons (Fsp3) is 0.481. The molecule has 1 aliphatic rings. The summed E-state index contributed by atoms with van der Waals surface area (Å²) in [6.45, 7) is 6.97. The van der Waals surface area contributed by atoms with E-state index in [-0.39, 0.29) is 18.4 Å². The molecular formula is C27H36BBrClN3O5. The molecule has 2 atom stereocenters. The van der Waals surface area contributed by atoms with Crippen LogP contribution in [0.1, 0.15) is 36.2 Å².